The maximum absolute atomic E-state index is 12.2. The van der Waals surface area contributed by atoms with E-state index in [1.54, 1.807) is 4.31 Å². The number of hydrogen-bond acceptors (Lipinski definition) is 3. The van der Waals surface area contributed by atoms with Crippen molar-refractivity contribution < 1.29 is 13.2 Å². The van der Waals surface area contributed by atoms with Gasteiger partial charge in [-0.05, 0) is 31.4 Å². The molecular weight excluding hydrogens is 274 g/mol. The largest absolute Gasteiger partial charge is 0.489 e. The van der Waals surface area contributed by atoms with Gasteiger partial charge in [-0.1, -0.05) is 31.5 Å². The normalized spacial score (nSPS) is 20.8. The summed E-state index contributed by atoms with van der Waals surface area (Å²) in [5.41, 5.74) is 0. The fourth-order valence-electron chi connectivity index (χ4n) is 2.40. The number of rotatable bonds is 6. The zero-order chi connectivity index (χ0) is 14.4. The van der Waals surface area contributed by atoms with Crippen molar-refractivity contribution in [1.82, 2.24) is 4.31 Å². The van der Waals surface area contributed by atoms with Gasteiger partial charge >= 0.3 is 0 Å². The number of nitrogens with zero attached hydrogens (tertiary/aromatic N) is 1. The molecule has 1 saturated heterocycles. The highest BCUT2D eigenvalue weighted by atomic mass is 32.2. The first-order valence-corrected chi connectivity index (χ1v) is 8.92. The minimum atomic E-state index is -3.12. The molecule has 1 fully saturated rings. The summed E-state index contributed by atoms with van der Waals surface area (Å²) in [7, 11) is -3.12. The molecule has 20 heavy (non-hydrogen) atoms. The summed E-state index contributed by atoms with van der Waals surface area (Å²) in [5, 5.41) is 0. The Labute approximate surface area is 121 Å². The molecule has 0 aliphatic carbocycles. The topological polar surface area (TPSA) is 46.6 Å². The van der Waals surface area contributed by atoms with E-state index in [0.717, 1.165) is 31.4 Å². The van der Waals surface area contributed by atoms with Gasteiger partial charge in [-0.25, -0.2) is 8.42 Å². The third-order valence-electron chi connectivity index (χ3n) is 3.54. The number of para-hydroxylation sites is 1. The van der Waals surface area contributed by atoms with Gasteiger partial charge in [-0.2, -0.15) is 4.31 Å². The van der Waals surface area contributed by atoms with Gasteiger partial charge in [-0.3, -0.25) is 0 Å². The van der Waals surface area contributed by atoms with Crippen LogP contribution in [0.5, 0.6) is 5.75 Å². The van der Waals surface area contributed by atoms with Crippen LogP contribution in [0.3, 0.4) is 0 Å². The molecule has 0 N–H and O–H groups in total. The fraction of sp³-hybridized carbons (Fsp3) is 0.600. The zero-order valence-electron chi connectivity index (χ0n) is 12.0. The summed E-state index contributed by atoms with van der Waals surface area (Å²) in [6.07, 6.45) is 3.36. The van der Waals surface area contributed by atoms with Crippen molar-refractivity contribution in [2.45, 2.75) is 38.7 Å². The predicted octanol–water partition coefficient (Wildman–Crippen LogP) is 2.66. The molecule has 1 unspecified atom stereocenters. The summed E-state index contributed by atoms with van der Waals surface area (Å²) in [5.74, 6) is 1.06. The minimum Gasteiger partial charge on any atom is -0.489 e. The summed E-state index contributed by atoms with van der Waals surface area (Å²) < 4.78 is 31.9. The molecule has 0 radical (unpaired) electrons. The lowest BCUT2D eigenvalue weighted by Gasteiger charge is -2.32. The lowest BCUT2D eigenvalue weighted by Crippen LogP contribution is -2.45. The van der Waals surface area contributed by atoms with E-state index < -0.39 is 10.0 Å². The summed E-state index contributed by atoms with van der Waals surface area (Å²) in [6, 6.07) is 9.60. The molecule has 5 heteroatoms. The van der Waals surface area contributed by atoms with E-state index in [0.29, 0.717) is 13.1 Å². The highest BCUT2D eigenvalue weighted by Crippen LogP contribution is 2.20. The van der Waals surface area contributed by atoms with Crippen molar-refractivity contribution in [3.63, 3.8) is 0 Å². The molecule has 1 atom stereocenters. The van der Waals surface area contributed by atoms with Crippen molar-refractivity contribution in [3.05, 3.63) is 30.3 Å². The Morgan fingerprint density at radius 2 is 2.05 bits per heavy atom. The Bertz CT molecular complexity index is 501. The summed E-state index contributed by atoms with van der Waals surface area (Å²) >= 11 is 0. The van der Waals surface area contributed by atoms with Crippen LogP contribution in [0, 0.1) is 0 Å². The fourth-order valence-corrected chi connectivity index (χ4v) is 4.11. The smallest absolute Gasteiger partial charge is 0.214 e. The quantitative estimate of drug-likeness (QED) is 0.811. The average Bonchev–Trinajstić information content (AvgIpc) is 2.47. The van der Waals surface area contributed by atoms with Crippen LogP contribution < -0.4 is 4.74 Å². The molecule has 0 aromatic heterocycles. The van der Waals surface area contributed by atoms with Crippen LogP contribution >= 0.6 is 0 Å². The molecule has 1 aromatic rings. The van der Waals surface area contributed by atoms with Crippen molar-refractivity contribution in [3.8, 4) is 5.75 Å². The Hall–Kier alpha value is -1.07. The van der Waals surface area contributed by atoms with Crippen LogP contribution in [-0.4, -0.2) is 37.7 Å². The third-order valence-corrected chi connectivity index (χ3v) is 5.46. The summed E-state index contributed by atoms with van der Waals surface area (Å²) in [6.45, 7) is 3.11. The van der Waals surface area contributed by atoms with Crippen LogP contribution in [0.25, 0.3) is 0 Å². The first-order chi connectivity index (χ1) is 9.62. The Morgan fingerprint density at radius 3 is 2.75 bits per heavy atom. The van der Waals surface area contributed by atoms with E-state index in [9.17, 15) is 8.42 Å². The number of ether oxygens (including phenoxy) is 1. The number of piperidine rings is 1. The van der Waals surface area contributed by atoms with Crippen LogP contribution in [0.1, 0.15) is 32.6 Å². The zero-order valence-corrected chi connectivity index (χ0v) is 12.8. The standard InChI is InChI=1S/C15H23NO3S/c1-2-3-12-20(17,18)16-11-7-10-15(13-16)19-14-8-5-4-6-9-14/h4-6,8-9,15H,2-3,7,10-13H2,1H3. The number of benzene rings is 1. The predicted molar refractivity (Wildman–Crippen MR) is 80.4 cm³/mol. The lowest BCUT2D eigenvalue weighted by molar-refractivity contribution is 0.130. The molecule has 0 bridgehead atoms. The number of unbranched alkanes of at least 4 members (excludes halogenated alkanes) is 1. The van der Waals surface area contributed by atoms with E-state index >= 15 is 0 Å². The van der Waals surface area contributed by atoms with E-state index in [1.165, 1.54) is 0 Å². The second-order valence-electron chi connectivity index (χ2n) is 5.22. The van der Waals surface area contributed by atoms with E-state index in [4.69, 9.17) is 4.74 Å². The van der Waals surface area contributed by atoms with Gasteiger partial charge in [0.25, 0.3) is 0 Å². The average molecular weight is 297 g/mol. The Kier molecular flexibility index (Phi) is 5.43. The van der Waals surface area contributed by atoms with Gasteiger partial charge in [0.15, 0.2) is 0 Å². The molecule has 0 saturated carbocycles. The first-order valence-electron chi connectivity index (χ1n) is 7.31. The first kappa shape index (κ1) is 15.3. The van der Waals surface area contributed by atoms with Gasteiger partial charge in [0.1, 0.15) is 11.9 Å². The van der Waals surface area contributed by atoms with Crippen molar-refractivity contribution >= 4 is 10.0 Å². The Morgan fingerprint density at radius 1 is 1.30 bits per heavy atom. The van der Waals surface area contributed by atoms with Gasteiger partial charge in [-0.15, -0.1) is 0 Å². The van der Waals surface area contributed by atoms with Crippen molar-refractivity contribution in [1.29, 1.82) is 0 Å². The van der Waals surface area contributed by atoms with Crippen LogP contribution in [0.15, 0.2) is 30.3 Å². The second-order valence-corrected chi connectivity index (χ2v) is 7.31. The molecule has 0 spiro atoms. The second kappa shape index (κ2) is 7.09. The summed E-state index contributed by atoms with van der Waals surface area (Å²) in [4.78, 5) is 0. The van der Waals surface area contributed by atoms with Crippen LogP contribution in [-0.2, 0) is 10.0 Å². The van der Waals surface area contributed by atoms with E-state index in [2.05, 4.69) is 0 Å². The molecule has 0 amide bonds. The van der Waals surface area contributed by atoms with Gasteiger partial charge < -0.3 is 4.74 Å². The van der Waals surface area contributed by atoms with Crippen molar-refractivity contribution in [2.75, 3.05) is 18.8 Å². The molecule has 1 aliphatic heterocycles. The van der Waals surface area contributed by atoms with Crippen LogP contribution in [0.2, 0.25) is 0 Å². The lowest BCUT2D eigenvalue weighted by atomic mass is 10.1. The minimum absolute atomic E-state index is 0.0393. The molecular formula is C15H23NO3S. The SMILES string of the molecule is CCCCS(=O)(=O)N1CCCC(Oc2ccccc2)C1. The molecule has 2 rings (SSSR count). The molecule has 1 heterocycles. The third kappa shape index (κ3) is 4.21. The molecule has 4 nitrogen and oxygen atoms in total. The number of sulfonamides is 1. The van der Waals surface area contributed by atoms with Crippen LogP contribution in [0.4, 0.5) is 0 Å². The van der Waals surface area contributed by atoms with Crippen molar-refractivity contribution in [2.24, 2.45) is 0 Å². The highest BCUT2D eigenvalue weighted by molar-refractivity contribution is 7.89. The maximum Gasteiger partial charge on any atom is 0.214 e. The monoisotopic (exact) mass is 297 g/mol. The molecule has 1 aromatic carbocycles. The molecule has 1 aliphatic rings. The molecule has 112 valence electrons. The maximum atomic E-state index is 12.2. The van der Waals surface area contributed by atoms with Gasteiger partial charge in [0.05, 0.1) is 12.3 Å². The number of hydrogen-bond donors (Lipinski definition) is 0. The van der Waals surface area contributed by atoms with Gasteiger partial charge in [0.2, 0.25) is 10.0 Å². The van der Waals surface area contributed by atoms with E-state index in [1.807, 2.05) is 37.3 Å². The van der Waals surface area contributed by atoms with Gasteiger partial charge in [0, 0.05) is 6.54 Å². The Balaban J connectivity index is 1.95. The highest BCUT2D eigenvalue weighted by Gasteiger charge is 2.29. The van der Waals surface area contributed by atoms with E-state index in [-0.39, 0.29) is 11.9 Å².